The topological polar surface area (TPSA) is 41.3 Å². The molecule has 4 nitrogen and oxygen atoms in total. The van der Waals surface area contributed by atoms with Gasteiger partial charge < -0.3 is 14.7 Å². The highest BCUT2D eigenvalue weighted by atomic mass is 16.5. The molecule has 2 heterocycles. The molecule has 1 aromatic rings. The second kappa shape index (κ2) is 6.66. The zero-order chi connectivity index (χ0) is 11.1. The highest BCUT2D eigenvalue weighted by molar-refractivity contribution is 4.94. The zero-order valence-electron chi connectivity index (χ0n) is 9.82. The third kappa shape index (κ3) is 3.94. The number of aryl methyl sites for hydroxylation is 1. The molecule has 1 saturated heterocycles. The lowest BCUT2D eigenvalue weighted by Gasteiger charge is -2.26. The molecular formula is C12H21N3O. The summed E-state index contributed by atoms with van der Waals surface area (Å²) in [6, 6.07) is 1.95. The van der Waals surface area contributed by atoms with Gasteiger partial charge in [-0.1, -0.05) is 11.6 Å². The van der Waals surface area contributed by atoms with Gasteiger partial charge in [0.25, 0.3) is 0 Å². The van der Waals surface area contributed by atoms with Crippen molar-refractivity contribution in [2.75, 3.05) is 32.7 Å². The van der Waals surface area contributed by atoms with E-state index in [0.29, 0.717) is 0 Å². The monoisotopic (exact) mass is 223 g/mol. The van der Waals surface area contributed by atoms with Crippen LogP contribution in [0, 0.1) is 0 Å². The second-order valence-corrected chi connectivity index (χ2v) is 4.39. The molecule has 0 spiro atoms. The Balaban J connectivity index is 1.48. The van der Waals surface area contributed by atoms with Crippen LogP contribution in [0.15, 0.2) is 16.9 Å². The van der Waals surface area contributed by atoms with Crippen LogP contribution in [0.1, 0.15) is 25.0 Å². The number of unbranched alkanes of at least 4 members (excludes halogenated alkanes) is 2. The molecule has 1 N–H and O–H groups in total. The van der Waals surface area contributed by atoms with E-state index in [0.717, 1.165) is 25.2 Å². The minimum atomic E-state index is 1.05. The molecule has 0 aliphatic carbocycles. The molecule has 1 fully saturated rings. The summed E-state index contributed by atoms with van der Waals surface area (Å²) in [7, 11) is 0. The molecule has 1 aliphatic heterocycles. The number of piperazine rings is 1. The van der Waals surface area contributed by atoms with Crippen LogP contribution in [0.3, 0.4) is 0 Å². The Labute approximate surface area is 97.0 Å². The van der Waals surface area contributed by atoms with Crippen LogP contribution in [0.4, 0.5) is 0 Å². The van der Waals surface area contributed by atoms with Crippen molar-refractivity contribution in [2.24, 2.45) is 0 Å². The van der Waals surface area contributed by atoms with Gasteiger partial charge in [0.05, 0.1) is 5.69 Å². The predicted octanol–water partition coefficient (Wildman–Crippen LogP) is 1.29. The van der Waals surface area contributed by atoms with Crippen molar-refractivity contribution < 1.29 is 4.52 Å². The molecule has 1 aromatic heterocycles. The van der Waals surface area contributed by atoms with E-state index in [1.54, 1.807) is 6.26 Å². The average Bonchev–Trinajstić information content (AvgIpc) is 2.83. The van der Waals surface area contributed by atoms with Gasteiger partial charge in [-0.2, -0.15) is 0 Å². The minimum Gasteiger partial charge on any atom is -0.365 e. The third-order valence-corrected chi connectivity index (χ3v) is 3.11. The van der Waals surface area contributed by atoms with Crippen LogP contribution in [0.2, 0.25) is 0 Å². The van der Waals surface area contributed by atoms with Crippen LogP contribution in [-0.4, -0.2) is 42.8 Å². The van der Waals surface area contributed by atoms with Crippen LogP contribution >= 0.6 is 0 Å². The molecular weight excluding hydrogens is 202 g/mol. The fraction of sp³-hybridized carbons (Fsp3) is 0.750. The van der Waals surface area contributed by atoms with Crippen LogP contribution < -0.4 is 5.32 Å². The molecule has 1 aliphatic rings. The van der Waals surface area contributed by atoms with Crippen LogP contribution in [0.5, 0.6) is 0 Å². The van der Waals surface area contributed by atoms with Crippen molar-refractivity contribution in [1.29, 1.82) is 0 Å². The summed E-state index contributed by atoms with van der Waals surface area (Å²) in [4.78, 5) is 2.55. The first-order chi connectivity index (χ1) is 7.95. The Bertz CT molecular complexity index is 268. The maximum absolute atomic E-state index is 4.80. The summed E-state index contributed by atoms with van der Waals surface area (Å²) in [6.45, 7) is 5.98. The summed E-state index contributed by atoms with van der Waals surface area (Å²) in [6.07, 6.45) is 6.52. The van der Waals surface area contributed by atoms with Gasteiger partial charge in [-0.3, -0.25) is 0 Å². The van der Waals surface area contributed by atoms with E-state index in [1.165, 1.54) is 38.9 Å². The summed E-state index contributed by atoms with van der Waals surface area (Å²) < 4.78 is 4.80. The van der Waals surface area contributed by atoms with E-state index in [4.69, 9.17) is 4.52 Å². The fourth-order valence-corrected chi connectivity index (χ4v) is 2.12. The average molecular weight is 223 g/mol. The highest BCUT2D eigenvalue weighted by Crippen LogP contribution is 2.05. The number of rotatable bonds is 6. The molecule has 0 aromatic carbocycles. The van der Waals surface area contributed by atoms with Crippen molar-refractivity contribution in [2.45, 2.75) is 25.7 Å². The molecule has 0 unspecified atom stereocenters. The maximum atomic E-state index is 4.80. The van der Waals surface area contributed by atoms with E-state index >= 15 is 0 Å². The van der Waals surface area contributed by atoms with Crippen LogP contribution in [0.25, 0.3) is 0 Å². The zero-order valence-corrected chi connectivity index (χ0v) is 9.82. The summed E-state index contributed by atoms with van der Waals surface area (Å²) in [5.41, 5.74) is 1.09. The Morgan fingerprint density at radius 1 is 1.25 bits per heavy atom. The molecule has 0 atom stereocenters. The second-order valence-electron chi connectivity index (χ2n) is 4.39. The van der Waals surface area contributed by atoms with Gasteiger partial charge in [-0.05, 0) is 25.8 Å². The van der Waals surface area contributed by atoms with Gasteiger partial charge in [0.1, 0.15) is 6.26 Å². The van der Waals surface area contributed by atoms with Crippen molar-refractivity contribution >= 4 is 0 Å². The van der Waals surface area contributed by atoms with Crippen molar-refractivity contribution in [1.82, 2.24) is 15.4 Å². The quantitative estimate of drug-likeness (QED) is 0.738. The van der Waals surface area contributed by atoms with Crippen molar-refractivity contribution in [3.05, 3.63) is 18.0 Å². The fourth-order valence-electron chi connectivity index (χ4n) is 2.12. The highest BCUT2D eigenvalue weighted by Gasteiger charge is 2.08. The van der Waals surface area contributed by atoms with Gasteiger partial charge >= 0.3 is 0 Å². The minimum absolute atomic E-state index is 1.05. The number of nitrogens with zero attached hydrogens (tertiary/aromatic N) is 2. The third-order valence-electron chi connectivity index (χ3n) is 3.11. The first-order valence-electron chi connectivity index (χ1n) is 6.27. The van der Waals surface area contributed by atoms with Gasteiger partial charge in [0.2, 0.25) is 0 Å². The number of nitrogens with one attached hydrogen (secondary N) is 1. The molecule has 16 heavy (non-hydrogen) atoms. The summed E-state index contributed by atoms with van der Waals surface area (Å²) in [5.74, 6) is 0. The molecule has 2 rings (SSSR count). The normalized spacial score (nSPS) is 17.8. The van der Waals surface area contributed by atoms with Gasteiger partial charge in [0, 0.05) is 32.2 Å². The van der Waals surface area contributed by atoms with E-state index < -0.39 is 0 Å². The van der Waals surface area contributed by atoms with E-state index in [2.05, 4.69) is 15.4 Å². The van der Waals surface area contributed by atoms with E-state index in [1.807, 2.05) is 6.07 Å². The summed E-state index contributed by atoms with van der Waals surface area (Å²) in [5, 5.41) is 7.28. The van der Waals surface area contributed by atoms with Gasteiger partial charge in [-0.25, -0.2) is 0 Å². The van der Waals surface area contributed by atoms with Crippen molar-refractivity contribution in [3.8, 4) is 0 Å². The molecule has 0 radical (unpaired) electrons. The Hall–Kier alpha value is -0.870. The largest absolute Gasteiger partial charge is 0.365 e. The molecule has 0 bridgehead atoms. The lowest BCUT2D eigenvalue weighted by molar-refractivity contribution is 0.236. The number of hydrogen-bond donors (Lipinski definition) is 1. The van der Waals surface area contributed by atoms with Gasteiger partial charge in [0.15, 0.2) is 0 Å². The lowest BCUT2D eigenvalue weighted by Crippen LogP contribution is -2.43. The van der Waals surface area contributed by atoms with E-state index in [9.17, 15) is 0 Å². The standard InChI is InChI=1S/C12H21N3O/c1(2-4-12-5-11-16-14-12)3-8-15-9-6-13-7-10-15/h5,11,13H,1-4,6-10H2. The SMILES string of the molecule is c1cc(CCCCCN2CCNCC2)no1. The maximum Gasteiger partial charge on any atom is 0.124 e. The molecule has 0 amide bonds. The Morgan fingerprint density at radius 3 is 2.88 bits per heavy atom. The molecule has 4 heteroatoms. The molecule has 0 saturated carbocycles. The predicted molar refractivity (Wildman–Crippen MR) is 63.4 cm³/mol. The molecule has 90 valence electrons. The first kappa shape index (κ1) is 11.6. The number of aromatic nitrogens is 1. The van der Waals surface area contributed by atoms with E-state index in [-0.39, 0.29) is 0 Å². The number of hydrogen-bond acceptors (Lipinski definition) is 4. The first-order valence-corrected chi connectivity index (χ1v) is 6.27. The van der Waals surface area contributed by atoms with Gasteiger partial charge in [-0.15, -0.1) is 0 Å². The Morgan fingerprint density at radius 2 is 2.12 bits per heavy atom. The summed E-state index contributed by atoms with van der Waals surface area (Å²) >= 11 is 0. The van der Waals surface area contributed by atoms with Crippen LogP contribution in [-0.2, 0) is 6.42 Å². The smallest absolute Gasteiger partial charge is 0.124 e. The van der Waals surface area contributed by atoms with Crippen molar-refractivity contribution in [3.63, 3.8) is 0 Å². The Kier molecular flexibility index (Phi) is 4.83. The lowest BCUT2D eigenvalue weighted by atomic mass is 10.1.